The van der Waals surface area contributed by atoms with Crippen LogP contribution in [0.1, 0.15) is 24.6 Å². The van der Waals surface area contributed by atoms with Crippen LogP contribution in [-0.2, 0) is 6.54 Å². The summed E-state index contributed by atoms with van der Waals surface area (Å²) in [5, 5.41) is 0. The number of rotatable bonds is 3. The Labute approximate surface area is 138 Å². The van der Waals surface area contributed by atoms with Crippen LogP contribution in [0.15, 0.2) is 24.5 Å². The minimum Gasteiger partial charge on any atom is -0.330 e. The van der Waals surface area contributed by atoms with Gasteiger partial charge in [-0.05, 0) is 44.4 Å². The van der Waals surface area contributed by atoms with Gasteiger partial charge in [0, 0.05) is 31.5 Å². The van der Waals surface area contributed by atoms with E-state index < -0.39 is 0 Å². The Morgan fingerprint density at radius 3 is 2.71 bits per heavy atom. The molecule has 2 aromatic heterocycles. The van der Waals surface area contributed by atoms with Crippen LogP contribution in [-0.4, -0.2) is 33.4 Å². The Bertz CT molecular complexity index is 584. The molecule has 0 radical (unpaired) electrons. The number of nitrogens with two attached hydrogens (primary N) is 1. The molecule has 2 atom stereocenters. The number of aromatic nitrogens is 2. The first-order chi connectivity index (χ1) is 9.15. The van der Waals surface area contributed by atoms with E-state index in [1.807, 2.05) is 0 Å². The number of pyridine rings is 1. The second-order valence-electron chi connectivity index (χ2n) is 5.82. The molecule has 3 heterocycles. The van der Waals surface area contributed by atoms with Crippen molar-refractivity contribution in [3.8, 4) is 0 Å². The van der Waals surface area contributed by atoms with Crippen molar-refractivity contribution in [1.82, 2.24) is 14.3 Å². The van der Waals surface area contributed by atoms with Crippen molar-refractivity contribution in [2.24, 2.45) is 11.7 Å². The lowest BCUT2D eigenvalue weighted by molar-refractivity contribution is 0.253. The summed E-state index contributed by atoms with van der Waals surface area (Å²) in [6.07, 6.45) is 5.48. The minimum absolute atomic E-state index is 0. The van der Waals surface area contributed by atoms with Gasteiger partial charge >= 0.3 is 0 Å². The Hall–Kier alpha value is -0.810. The molecule has 2 N–H and O–H groups in total. The maximum Gasteiger partial charge on any atom is 0.137 e. The van der Waals surface area contributed by atoms with Crippen LogP contribution in [0.4, 0.5) is 0 Å². The molecule has 6 heteroatoms. The van der Waals surface area contributed by atoms with Crippen LogP contribution in [0.5, 0.6) is 0 Å². The number of imidazole rings is 1. The lowest BCUT2D eigenvalue weighted by atomic mass is 10.1. The summed E-state index contributed by atoms with van der Waals surface area (Å²) < 4.78 is 2.12. The third-order valence-corrected chi connectivity index (χ3v) is 4.14. The van der Waals surface area contributed by atoms with Gasteiger partial charge in [-0.15, -0.1) is 24.8 Å². The molecule has 3 rings (SSSR count). The minimum atomic E-state index is 0. The topological polar surface area (TPSA) is 46.6 Å². The van der Waals surface area contributed by atoms with Gasteiger partial charge in [-0.3, -0.25) is 4.90 Å². The number of fused-ring (bicyclic) bond motifs is 1. The van der Waals surface area contributed by atoms with Crippen molar-refractivity contribution in [2.45, 2.75) is 32.9 Å². The normalized spacial score (nSPS) is 22.0. The number of hydrogen-bond acceptors (Lipinski definition) is 3. The molecule has 1 aliphatic rings. The van der Waals surface area contributed by atoms with Gasteiger partial charge in [0.15, 0.2) is 0 Å². The maximum atomic E-state index is 5.78. The van der Waals surface area contributed by atoms with Gasteiger partial charge in [-0.2, -0.15) is 0 Å². The summed E-state index contributed by atoms with van der Waals surface area (Å²) in [4.78, 5) is 7.18. The molecule has 0 aliphatic carbocycles. The first-order valence-corrected chi connectivity index (χ1v) is 7.04. The molecule has 2 unspecified atom stereocenters. The van der Waals surface area contributed by atoms with Crippen molar-refractivity contribution < 1.29 is 0 Å². The number of aryl methyl sites for hydroxylation is 1. The Balaban J connectivity index is 0.00000110. The summed E-state index contributed by atoms with van der Waals surface area (Å²) in [5.41, 5.74) is 9.22. The number of halogens is 2. The molecule has 21 heavy (non-hydrogen) atoms. The Kier molecular flexibility index (Phi) is 6.47. The predicted octanol–water partition coefficient (Wildman–Crippen LogP) is 2.66. The monoisotopic (exact) mass is 330 g/mol. The van der Waals surface area contributed by atoms with Gasteiger partial charge in [-0.1, -0.05) is 6.07 Å². The van der Waals surface area contributed by atoms with Gasteiger partial charge in [0.25, 0.3) is 0 Å². The zero-order valence-corrected chi connectivity index (χ0v) is 14.2. The van der Waals surface area contributed by atoms with Crippen LogP contribution in [0.3, 0.4) is 0 Å². The van der Waals surface area contributed by atoms with E-state index in [1.165, 1.54) is 12.0 Å². The van der Waals surface area contributed by atoms with Crippen molar-refractivity contribution in [3.05, 3.63) is 35.8 Å². The van der Waals surface area contributed by atoms with Crippen LogP contribution < -0.4 is 5.73 Å². The maximum absolute atomic E-state index is 5.78. The predicted molar refractivity (Wildman–Crippen MR) is 91.5 cm³/mol. The SMILES string of the molecule is Cc1ccc2nc(CN3CC(CN)CC3C)cn2c1.Cl.Cl. The molecular weight excluding hydrogens is 307 g/mol. The van der Waals surface area contributed by atoms with Crippen LogP contribution in [0, 0.1) is 12.8 Å². The number of nitrogens with zero attached hydrogens (tertiary/aromatic N) is 3. The standard InChI is InChI=1S/C15H22N4.2ClH/c1-11-3-4-15-17-14(10-19(15)7-11)9-18-8-13(6-16)5-12(18)2;;/h3-4,7,10,12-13H,5-6,8-9,16H2,1-2H3;2*1H. The van der Waals surface area contributed by atoms with E-state index in [9.17, 15) is 0 Å². The molecule has 0 aromatic carbocycles. The third-order valence-electron chi connectivity index (χ3n) is 4.14. The molecule has 1 fully saturated rings. The van der Waals surface area contributed by atoms with Crippen molar-refractivity contribution in [3.63, 3.8) is 0 Å². The molecule has 0 bridgehead atoms. The average molecular weight is 331 g/mol. The van der Waals surface area contributed by atoms with Crippen molar-refractivity contribution >= 4 is 30.5 Å². The zero-order valence-electron chi connectivity index (χ0n) is 12.5. The summed E-state index contributed by atoms with van der Waals surface area (Å²) in [5.74, 6) is 0.647. The van der Waals surface area contributed by atoms with Gasteiger partial charge in [-0.25, -0.2) is 4.98 Å². The van der Waals surface area contributed by atoms with Crippen molar-refractivity contribution in [1.29, 1.82) is 0 Å². The molecule has 0 saturated carbocycles. The van der Waals surface area contributed by atoms with Crippen LogP contribution in [0.25, 0.3) is 5.65 Å². The fourth-order valence-corrected chi connectivity index (χ4v) is 3.05. The van der Waals surface area contributed by atoms with Crippen LogP contribution in [0.2, 0.25) is 0 Å². The van der Waals surface area contributed by atoms with E-state index in [1.54, 1.807) is 0 Å². The highest BCUT2D eigenvalue weighted by Gasteiger charge is 2.28. The largest absolute Gasteiger partial charge is 0.330 e. The second kappa shape index (κ2) is 7.45. The van der Waals surface area contributed by atoms with E-state index in [4.69, 9.17) is 10.7 Å². The van der Waals surface area contributed by atoms with E-state index >= 15 is 0 Å². The Morgan fingerprint density at radius 1 is 1.29 bits per heavy atom. The number of hydrogen-bond donors (Lipinski definition) is 1. The lowest BCUT2D eigenvalue weighted by Gasteiger charge is -2.19. The van der Waals surface area contributed by atoms with E-state index in [0.29, 0.717) is 12.0 Å². The highest BCUT2D eigenvalue weighted by Crippen LogP contribution is 2.24. The average Bonchev–Trinajstić information content (AvgIpc) is 2.93. The first-order valence-electron chi connectivity index (χ1n) is 7.04. The van der Waals surface area contributed by atoms with Gasteiger partial charge in [0.2, 0.25) is 0 Å². The highest BCUT2D eigenvalue weighted by atomic mass is 35.5. The molecular formula is C15H24Cl2N4. The molecule has 0 spiro atoms. The van der Waals surface area contributed by atoms with E-state index in [0.717, 1.165) is 31.0 Å². The second-order valence-corrected chi connectivity index (χ2v) is 5.82. The van der Waals surface area contributed by atoms with E-state index in [-0.39, 0.29) is 24.8 Å². The summed E-state index contributed by atoms with van der Waals surface area (Å²) in [6, 6.07) is 4.80. The molecule has 2 aromatic rings. The van der Waals surface area contributed by atoms with Crippen molar-refractivity contribution in [2.75, 3.05) is 13.1 Å². The highest BCUT2D eigenvalue weighted by molar-refractivity contribution is 5.85. The molecule has 0 amide bonds. The zero-order chi connectivity index (χ0) is 13.4. The molecule has 4 nitrogen and oxygen atoms in total. The lowest BCUT2D eigenvalue weighted by Crippen LogP contribution is -2.27. The molecule has 1 aliphatic heterocycles. The summed E-state index contributed by atoms with van der Waals surface area (Å²) >= 11 is 0. The Morgan fingerprint density at radius 2 is 2.05 bits per heavy atom. The van der Waals surface area contributed by atoms with Gasteiger partial charge < -0.3 is 10.1 Å². The molecule has 118 valence electrons. The van der Waals surface area contributed by atoms with Crippen LogP contribution >= 0.6 is 24.8 Å². The van der Waals surface area contributed by atoms with E-state index in [2.05, 4.69) is 47.7 Å². The fraction of sp³-hybridized carbons (Fsp3) is 0.533. The summed E-state index contributed by atoms with van der Waals surface area (Å²) in [7, 11) is 0. The smallest absolute Gasteiger partial charge is 0.137 e. The quantitative estimate of drug-likeness (QED) is 0.941. The molecule has 1 saturated heterocycles. The van der Waals surface area contributed by atoms with Gasteiger partial charge in [0.05, 0.1) is 5.69 Å². The van der Waals surface area contributed by atoms with Gasteiger partial charge in [0.1, 0.15) is 5.65 Å². The fourth-order valence-electron chi connectivity index (χ4n) is 3.05. The number of likely N-dealkylation sites (tertiary alicyclic amines) is 1. The first kappa shape index (κ1) is 18.2. The third kappa shape index (κ3) is 3.89. The summed E-state index contributed by atoms with van der Waals surface area (Å²) in [6.45, 7) is 7.22.